The largest absolute Gasteiger partial charge is 0.481 e. The van der Waals surface area contributed by atoms with Crippen molar-refractivity contribution in [3.05, 3.63) is 59.7 Å². The fourth-order valence-electron chi connectivity index (χ4n) is 3.60. The molecule has 0 spiro atoms. The molecule has 0 aromatic heterocycles. The van der Waals surface area contributed by atoms with E-state index in [4.69, 9.17) is 9.84 Å². The second-order valence-electron chi connectivity index (χ2n) is 6.93. The van der Waals surface area contributed by atoms with Crippen molar-refractivity contribution in [1.29, 1.82) is 0 Å². The average molecular weight is 367 g/mol. The van der Waals surface area contributed by atoms with E-state index in [0.29, 0.717) is 19.6 Å². The molecule has 0 fully saturated rings. The first kappa shape index (κ1) is 19.0. The summed E-state index contributed by atoms with van der Waals surface area (Å²) in [7, 11) is 1.72. The van der Waals surface area contributed by atoms with Crippen LogP contribution in [-0.2, 0) is 9.53 Å². The minimum atomic E-state index is -0.778. The molecule has 142 valence electrons. The molecule has 2 aromatic rings. The highest BCUT2D eigenvalue weighted by Crippen LogP contribution is 2.44. The molecule has 0 atom stereocenters. The topological polar surface area (TPSA) is 66.8 Å². The van der Waals surface area contributed by atoms with Crippen LogP contribution in [0.2, 0.25) is 0 Å². The zero-order chi connectivity index (χ0) is 19.2. The predicted molar refractivity (Wildman–Crippen MR) is 104 cm³/mol. The van der Waals surface area contributed by atoms with Crippen LogP contribution in [0.4, 0.5) is 4.79 Å². The number of rotatable bonds is 8. The summed E-state index contributed by atoms with van der Waals surface area (Å²) in [5, 5.41) is 8.64. The Bertz CT molecular complexity index is 772. The van der Waals surface area contributed by atoms with Crippen LogP contribution in [-0.4, -0.2) is 42.3 Å². The third-order valence-electron chi connectivity index (χ3n) is 5.03. The normalized spacial score (nSPS) is 12.3. The molecule has 0 saturated carbocycles. The van der Waals surface area contributed by atoms with Crippen LogP contribution >= 0.6 is 0 Å². The Morgan fingerprint density at radius 1 is 0.963 bits per heavy atom. The SMILES string of the molecule is CN(CCCCCC(=O)O)C(=O)OCC1c2ccccc2-c2ccccc21. The van der Waals surface area contributed by atoms with Crippen molar-refractivity contribution in [2.75, 3.05) is 20.2 Å². The first-order chi connectivity index (χ1) is 13.1. The molecule has 1 aliphatic rings. The maximum atomic E-state index is 12.3. The highest BCUT2D eigenvalue weighted by Gasteiger charge is 2.29. The Kier molecular flexibility index (Phi) is 6.12. The minimum Gasteiger partial charge on any atom is -0.481 e. The van der Waals surface area contributed by atoms with Gasteiger partial charge in [-0.25, -0.2) is 4.79 Å². The maximum absolute atomic E-state index is 12.3. The van der Waals surface area contributed by atoms with E-state index in [0.717, 1.165) is 12.8 Å². The van der Waals surface area contributed by atoms with Gasteiger partial charge in [-0.15, -0.1) is 0 Å². The second kappa shape index (κ2) is 8.71. The molecular weight excluding hydrogens is 342 g/mol. The molecule has 0 bridgehead atoms. The summed E-state index contributed by atoms with van der Waals surface area (Å²) in [5.41, 5.74) is 4.81. The number of hydrogen-bond acceptors (Lipinski definition) is 3. The lowest BCUT2D eigenvalue weighted by molar-refractivity contribution is -0.137. The van der Waals surface area contributed by atoms with Crippen LogP contribution in [0.1, 0.15) is 42.7 Å². The summed E-state index contributed by atoms with van der Waals surface area (Å²) in [6, 6.07) is 16.5. The zero-order valence-corrected chi connectivity index (χ0v) is 15.6. The Morgan fingerprint density at radius 2 is 1.56 bits per heavy atom. The quantitative estimate of drug-likeness (QED) is 0.697. The summed E-state index contributed by atoms with van der Waals surface area (Å²) < 4.78 is 5.59. The van der Waals surface area contributed by atoms with Crippen molar-refractivity contribution in [2.24, 2.45) is 0 Å². The van der Waals surface area contributed by atoms with E-state index in [-0.39, 0.29) is 18.4 Å². The van der Waals surface area contributed by atoms with Crippen LogP contribution < -0.4 is 0 Å². The lowest BCUT2D eigenvalue weighted by Gasteiger charge is -2.19. The second-order valence-corrected chi connectivity index (χ2v) is 6.93. The van der Waals surface area contributed by atoms with Crippen LogP contribution in [0.15, 0.2) is 48.5 Å². The van der Waals surface area contributed by atoms with E-state index < -0.39 is 5.97 Å². The fourth-order valence-corrected chi connectivity index (χ4v) is 3.60. The molecule has 0 unspecified atom stereocenters. The number of nitrogens with zero attached hydrogens (tertiary/aromatic N) is 1. The van der Waals surface area contributed by atoms with Gasteiger partial charge in [-0.1, -0.05) is 55.0 Å². The summed E-state index contributed by atoms with van der Waals surface area (Å²) in [5.74, 6) is -0.717. The van der Waals surface area contributed by atoms with Gasteiger partial charge in [0.15, 0.2) is 0 Å². The predicted octanol–water partition coefficient (Wildman–Crippen LogP) is 4.51. The molecule has 1 N–H and O–H groups in total. The van der Waals surface area contributed by atoms with Gasteiger partial charge in [0.25, 0.3) is 0 Å². The Hall–Kier alpha value is -2.82. The minimum absolute atomic E-state index is 0.0605. The molecule has 3 rings (SSSR count). The number of carboxylic acids is 1. The third-order valence-corrected chi connectivity index (χ3v) is 5.03. The van der Waals surface area contributed by atoms with Crippen LogP contribution in [0, 0.1) is 0 Å². The molecular formula is C22H25NO4. The van der Waals surface area contributed by atoms with E-state index in [9.17, 15) is 9.59 Å². The van der Waals surface area contributed by atoms with Gasteiger partial charge < -0.3 is 14.7 Å². The average Bonchev–Trinajstić information content (AvgIpc) is 2.99. The van der Waals surface area contributed by atoms with Gasteiger partial charge in [0.2, 0.25) is 0 Å². The fraction of sp³-hybridized carbons (Fsp3) is 0.364. The molecule has 1 aliphatic carbocycles. The molecule has 27 heavy (non-hydrogen) atoms. The van der Waals surface area contributed by atoms with Crippen molar-refractivity contribution in [3.63, 3.8) is 0 Å². The van der Waals surface area contributed by atoms with Gasteiger partial charge >= 0.3 is 12.1 Å². The number of carbonyl (C=O) groups excluding carboxylic acids is 1. The molecule has 0 saturated heterocycles. The Balaban J connectivity index is 1.54. The molecule has 1 amide bonds. The molecule has 5 nitrogen and oxygen atoms in total. The number of carboxylic acid groups (broad SMARTS) is 1. The van der Waals surface area contributed by atoms with Gasteiger partial charge in [0.1, 0.15) is 6.61 Å². The first-order valence-electron chi connectivity index (χ1n) is 9.36. The zero-order valence-electron chi connectivity index (χ0n) is 15.6. The summed E-state index contributed by atoms with van der Waals surface area (Å²) >= 11 is 0. The van der Waals surface area contributed by atoms with Gasteiger partial charge in [-0.05, 0) is 35.1 Å². The number of benzene rings is 2. The highest BCUT2D eigenvalue weighted by atomic mass is 16.6. The summed E-state index contributed by atoms with van der Waals surface area (Å²) in [6.07, 6.45) is 2.03. The Labute approximate surface area is 159 Å². The van der Waals surface area contributed by atoms with Crippen molar-refractivity contribution in [1.82, 2.24) is 4.90 Å². The molecule has 0 heterocycles. The summed E-state index contributed by atoms with van der Waals surface area (Å²) in [6.45, 7) is 0.881. The van der Waals surface area contributed by atoms with Crippen molar-refractivity contribution in [2.45, 2.75) is 31.6 Å². The molecule has 2 aromatic carbocycles. The van der Waals surface area contributed by atoms with Crippen molar-refractivity contribution < 1.29 is 19.4 Å². The highest BCUT2D eigenvalue weighted by molar-refractivity contribution is 5.79. The van der Waals surface area contributed by atoms with Crippen LogP contribution in [0.5, 0.6) is 0 Å². The maximum Gasteiger partial charge on any atom is 0.409 e. The van der Waals surface area contributed by atoms with Crippen LogP contribution in [0.25, 0.3) is 11.1 Å². The number of amides is 1. The smallest absolute Gasteiger partial charge is 0.409 e. The molecule has 5 heteroatoms. The van der Waals surface area contributed by atoms with E-state index in [2.05, 4.69) is 24.3 Å². The number of unbranched alkanes of at least 4 members (excludes halogenated alkanes) is 2. The van der Waals surface area contributed by atoms with E-state index in [1.165, 1.54) is 22.3 Å². The third kappa shape index (κ3) is 4.48. The number of fused-ring (bicyclic) bond motifs is 3. The first-order valence-corrected chi connectivity index (χ1v) is 9.36. The van der Waals surface area contributed by atoms with Crippen molar-refractivity contribution >= 4 is 12.1 Å². The number of hydrogen-bond donors (Lipinski definition) is 1. The number of carbonyl (C=O) groups is 2. The van der Waals surface area contributed by atoms with E-state index in [1.54, 1.807) is 11.9 Å². The van der Waals surface area contributed by atoms with Gasteiger partial charge in [0.05, 0.1) is 0 Å². The molecule has 0 aliphatic heterocycles. The van der Waals surface area contributed by atoms with Crippen LogP contribution in [0.3, 0.4) is 0 Å². The lowest BCUT2D eigenvalue weighted by atomic mass is 9.98. The Morgan fingerprint density at radius 3 is 2.15 bits per heavy atom. The van der Waals surface area contributed by atoms with Gasteiger partial charge in [-0.3, -0.25) is 4.79 Å². The molecule has 0 radical (unpaired) electrons. The number of ether oxygens (including phenoxy) is 1. The van der Waals surface area contributed by atoms with Gasteiger partial charge in [-0.2, -0.15) is 0 Å². The van der Waals surface area contributed by atoms with E-state index in [1.807, 2.05) is 24.3 Å². The van der Waals surface area contributed by atoms with Crippen molar-refractivity contribution in [3.8, 4) is 11.1 Å². The monoisotopic (exact) mass is 367 g/mol. The lowest BCUT2D eigenvalue weighted by Crippen LogP contribution is -2.29. The van der Waals surface area contributed by atoms with E-state index >= 15 is 0 Å². The number of aliphatic carboxylic acids is 1. The van der Waals surface area contributed by atoms with Gasteiger partial charge in [0, 0.05) is 25.9 Å². The summed E-state index contributed by atoms with van der Waals surface area (Å²) in [4.78, 5) is 24.4. The standard InChI is InChI=1S/C22H25NO4/c1-23(14-8-2-3-13-21(24)25)22(26)27-15-20-18-11-6-4-9-16(18)17-10-5-7-12-19(17)20/h4-7,9-12,20H,2-3,8,13-15H2,1H3,(H,24,25).